The molecule has 26 heavy (non-hydrogen) atoms. The Morgan fingerprint density at radius 2 is 1.92 bits per heavy atom. The van der Waals surface area contributed by atoms with Gasteiger partial charge in [0.05, 0.1) is 5.52 Å². The number of carbonyl (C=O) groups excluding carboxylic acids is 1. The van der Waals surface area contributed by atoms with E-state index in [9.17, 15) is 9.90 Å². The van der Waals surface area contributed by atoms with E-state index >= 15 is 0 Å². The summed E-state index contributed by atoms with van der Waals surface area (Å²) in [6, 6.07) is 6.23. The second-order valence-corrected chi connectivity index (χ2v) is 8.13. The molecule has 0 bridgehead atoms. The van der Waals surface area contributed by atoms with Crippen LogP contribution in [0.15, 0.2) is 18.2 Å². The van der Waals surface area contributed by atoms with Gasteiger partial charge in [-0.1, -0.05) is 18.2 Å². The summed E-state index contributed by atoms with van der Waals surface area (Å²) in [7, 11) is 6.11. The quantitative estimate of drug-likeness (QED) is 0.914. The maximum atomic E-state index is 13.4. The van der Waals surface area contributed by atoms with Gasteiger partial charge >= 0.3 is 0 Å². The van der Waals surface area contributed by atoms with Crippen LogP contribution in [0, 0.1) is 25.7 Å². The van der Waals surface area contributed by atoms with Gasteiger partial charge in [0, 0.05) is 38.7 Å². The van der Waals surface area contributed by atoms with E-state index in [0.29, 0.717) is 12.5 Å². The number of aliphatic hydroxyl groups excluding tert-OH is 1. The monoisotopic (exact) mass is 357 g/mol. The van der Waals surface area contributed by atoms with Crippen molar-refractivity contribution in [2.24, 2.45) is 18.9 Å². The Bertz CT molecular complexity index is 809. The molecule has 1 aromatic heterocycles. The molecule has 142 valence electrons. The Kier molecular flexibility index (Phi) is 5.39. The van der Waals surface area contributed by atoms with Gasteiger partial charge in [0.15, 0.2) is 0 Å². The third-order valence-corrected chi connectivity index (χ3v) is 5.66. The number of aromatic nitrogens is 1. The zero-order valence-electron chi connectivity index (χ0n) is 16.6. The van der Waals surface area contributed by atoms with E-state index in [1.165, 1.54) is 5.56 Å². The molecule has 1 aliphatic rings. The van der Waals surface area contributed by atoms with E-state index in [4.69, 9.17) is 0 Å². The average molecular weight is 357 g/mol. The molecule has 2 atom stereocenters. The lowest BCUT2D eigenvalue weighted by Crippen LogP contribution is -2.47. The van der Waals surface area contributed by atoms with Crippen LogP contribution in [0.25, 0.3) is 10.9 Å². The zero-order chi connectivity index (χ0) is 19.0. The van der Waals surface area contributed by atoms with Gasteiger partial charge in [0.1, 0.15) is 5.69 Å². The number of para-hydroxylation sites is 1. The van der Waals surface area contributed by atoms with Gasteiger partial charge < -0.3 is 19.5 Å². The van der Waals surface area contributed by atoms with Gasteiger partial charge in [-0.15, -0.1) is 0 Å². The third kappa shape index (κ3) is 3.38. The van der Waals surface area contributed by atoms with Crippen molar-refractivity contribution in [1.29, 1.82) is 0 Å². The van der Waals surface area contributed by atoms with E-state index in [1.54, 1.807) is 0 Å². The van der Waals surface area contributed by atoms with Crippen molar-refractivity contribution in [3.8, 4) is 0 Å². The summed E-state index contributed by atoms with van der Waals surface area (Å²) in [6.07, 6.45) is 0.978. The molecule has 1 fully saturated rings. The van der Waals surface area contributed by atoms with Crippen molar-refractivity contribution >= 4 is 16.8 Å². The minimum absolute atomic E-state index is 0.0857. The summed E-state index contributed by atoms with van der Waals surface area (Å²) >= 11 is 0. The first kappa shape index (κ1) is 18.9. The number of likely N-dealkylation sites (tertiary alicyclic amines) is 1. The van der Waals surface area contributed by atoms with Crippen LogP contribution in [-0.2, 0) is 7.05 Å². The van der Waals surface area contributed by atoms with Crippen molar-refractivity contribution in [2.45, 2.75) is 20.3 Å². The normalized spacial score (nSPS) is 21.0. The molecule has 0 spiro atoms. The van der Waals surface area contributed by atoms with Crippen molar-refractivity contribution in [2.75, 3.05) is 40.3 Å². The Balaban J connectivity index is 1.95. The fourth-order valence-electron chi connectivity index (χ4n) is 4.62. The van der Waals surface area contributed by atoms with Crippen LogP contribution in [-0.4, -0.2) is 65.7 Å². The number of rotatable bonds is 4. The topological polar surface area (TPSA) is 48.7 Å². The van der Waals surface area contributed by atoms with E-state index < -0.39 is 0 Å². The van der Waals surface area contributed by atoms with Crippen molar-refractivity contribution < 1.29 is 9.90 Å². The van der Waals surface area contributed by atoms with Crippen molar-refractivity contribution in [3.63, 3.8) is 0 Å². The highest BCUT2D eigenvalue weighted by Gasteiger charge is 2.32. The highest BCUT2D eigenvalue weighted by Crippen LogP contribution is 2.30. The maximum Gasteiger partial charge on any atom is 0.270 e. The molecular weight excluding hydrogens is 326 g/mol. The molecule has 0 unspecified atom stereocenters. The molecular formula is C21H31N3O2. The van der Waals surface area contributed by atoms with Crippen LogP contribution in [0.2, 0.25) is 0 Å². The first-order valence-corrected chi connectivity index (χ1v) is 9.43. The number of aryl methyl sites for hydroxylation is 3. The second-order valence-electron chi connectivity index (χ2n) is 8.13. The fourth-order valence-corrected chi connectivity index (χ4v) is 4.62. The molecule has 1 saturated heterocycles. The summed E-state index contributed by atoms with van der Waals surface area (Å²) in [5.74, 6) is 0.647. The van der Waals surface area contributed by atoms with Gasteiger partial charge in [-0.25, -0.2) is 0 Å². The lowest BCUT2D eigenvalue weighted by molar-refractivity contribution is 0.0469. The molecule has 1 aromatic carbocycles. The fraction of sp³-hybridized carbons (Fsp3) is 0.571. The lowest BCUT2D eigenvalue weighted by atomic mass is 9.89. The number of amides is 1. The first-order valence-electron chi connectivity index (χ1n) is 9.43. The lowest BCUT2D eigenvalue weighted by Gasteiger charge is -2.38. The Hall–Kier alpha value is -1.85. The van der Waals surface area contributed by atoms with E-state index in [1.807, 2.05) is 23.4 Å². The number of benzene rings is 1. The summed E-state index contributed by atoms with van der Waals surface area (Å²) in [5, 5.41) is 10.9. The number of fused-ring (bicyclic) bond motifs is 1. The van der Waals surface area contributed by atoms with Crippen molar-refractivity contribution in [3.05, 3.63) is 35.0 Å². The number of nitrogens with zero attached hydrogens (tertiary/aromatic N) is 3. The minimum atomic E-state index is 0.0857. The molecule has 0 radical (unpaired) electrons. The highest BCUT2D eigenvalue weighted by molar-refractivity contribution is 6.02. The molecule has 1 amide bonds. The van der Waals surface area contributed by atoms with E-state index in [0.717, 1.165) is 41.7 Å². The molecule has 3 rings (SSSR count). The van der Waals surface area contributed by atoms with Gasteiger partial charge in [0.25, 0.3) is 5.91 Å². The molecule has 5 heteroatoms. The standard InChI is InChI=1S/C21H31N3O2/c1-14-7-6-8-18-15(2)20(23(5)19(14)18)21(26)24-11-16(10-22(3)4)9-17(12-24)13-25/h6-8,16-17,25H,9-13H2,1-5H3/t16-,17+/m0/s1. The van der Waals surface area contributed by atoms with Crippen LogP contribution < -0.4 is 0 Å². The Morgan fingerprint density at radius 1 is 1.23 bits per heavy atom. The Morgan fingerprint density at radius 3 is 2.54 bits per heavy atom. The maximum absolute atomic E-state index is 13.4. The predicted octanol–water partition coefficient (Wildman–Crippen LogP) is 2.43. The number of hydrogen-bond acceptors (Lipinski definition) is 3. The minimum Gasteiger partial charge on any atom is -0.396 e. The van der Waals surface area contributed by atoms with Crippen LogP contribution in [0.3, 0.4) is 0 Å². The number of hydrogen-bond donors (Lipinski definition) is 1. The van der Waals surface area contributed by atoms with Crippen LogP contribution in [0.1, 0.15) is 28.0 Å². The largest absolute Gasteiger partial charge is 0.396 e. The highest BCUT2D eigenvalue weighted by atomic mass is 16.3. The van der Waals surface area contributed by atoms with Crippen LogP contribution >= 0.6 is 0 Å². The van der Waals surface area contributed by atoms with Gasteiger partial charge in [-0.05, 0) is 57.3 Å². The van der Waals surface area contributed by atoms with Crippen molar-refractivity contribution in [1.82, 2.24) is 14.4 Å². The van der Waals surface area contributed by atoms with E-state index in [-0.39, 0.29) is 18.4 Å². The smallest absolute Gasteiger partial charge is 0.270 e. The Labute approximate surface area is 156 Å². The summed E-state index contributed by atoms with van der Waals surface area (Å²) in [6.45, 7) is 6.60. The first-order chi connectivity index (χ1) is 12.3. The van der Waals surface area contributed by atoms with Gasteiger partial charge in [-0.2, -0.15) is 0 Å². The molecule has 1 N–H and O–H groups in total. The zero-order valence-corrected chi connectivity index (χ0v) is 16.6. The molecule has 2 aromatic rings. The van der Waals surface area contributed by atoms with Gasteiger partial charge in [0.2, 0.25) is 0 Å². The molecule has 1 aliphatic heterocycles. The molecule has 0 saturated carbocycles. The number of piperidine rings is 1. The summed E-state index contributed by atoms with van der Waals surface area (Å²) in [5.41, 5.74) is 4.14. The summed E-state index contributed by atoms with van der Waals surface area (Å²) in [4.78, 5) is 17.5. The molecule has 2 heterocycles. The number of carbonyl (C=O) groups is 1. The molecule has 0 aliphatic carbocycles. The van der Waals surface area contributed by atoms with E-state index in [2.05, 4.69) is 44.1 Å². The van der Waals surface area contributed by atoms with Gasteiger partial charge in [-0.3, -0.25) is 4.79 Å². The second kappa shape index (κ2) is 7.41. The predicted molar refractivity (Wildman–Crippen MR) is 106 cm³/mol. The SMILES string of the molecule is Cc1c(C(=O)N2C[C@H](CO)C[C@@H](CN(C)C)C2)n(C)c2c(C)cccc12. The van der Waals surface area contributed by atoms with Crippen LogP contribution in [0.5, 0.6) is 0 Å². The molecule has 5 nitrogen and oxygen atoms in total. The number of aliphatic hydroxyl groups is 1. The van der Waals surface area contributed by atoms with Crippen LogP contribution in [0.4, 0.5) is 0 Å². The average Bonchev–Trinajstić information content (AvgIpc) is 2.85. The summed E-state index contributed by atoms with van der Waals surface area (Å²) < 4.78 is 2.05. The third-order valence-electron chi connectivity index (χ3n) is 5.66.